The number of carbonyl (C=O) groups excluding carboxylic acids is 1. The maximum absolute atomic E-state index is 11.0. The monoisotopic (exact) mass is 273 g/mol. The van der Waals surface area contributed by atoms with Crippen LogP contribution >= 0.6 is 15.9 Å². The number of aliphatic carboxylic acids is 1. The number of hydrogen-bond acceptors (Lipinski definition) is 4. The number of nitro benzene ring substituents is 1. The van der Waals surface area contributed by atoms with Crippen molar-refractivity contribution in [3.8, 4) is 0 Å². The van der Waals surface area contributed by atoms with Crippen molar-refractivity contribution in [2.75, 3.05) is 0 Å². The quantitative estimate of drug-likeness (QED) is 0.391. The summed E-state index contributed by atoms with van der Waals surface area (Å²) < 4.78 is 0.189. The largest absolute Gasteiger partial charge is 0.475 e. The molecule has 0 aliphatic heterocycles. The van der Waals surface area contributed by atoms with Crippen molar-refractivity contribution in [1.82, 2.24) is 0 Å². The molecule has 1 aromatic rings. The van der Waals surface area contributed by atoms with Gasteiger partial charge in [-0.15, -0.1) is 0 Å². The van der Waals surface area contributed by atoms with Crippen LogP contribution < -0.4 is 0 Å². The lowest BCUT2D eigenvalue weighted by molar-refractivity contribution is -0.385. The lowest BCUT2D eigenvalue weighted by atomic mass is 10.1. The number of benzene rings is 1. The number of carboxylic acid groups (broad SMARTS) is 1. The third-order valence-electron chi connectivity index (χ3n) is 1.60. The van der Waals surface area contributed by atoms with Gasteiger partial charge in [0, 0.05) is 11.6 Å². The fraction of sp³-hybridized carbons (Fsp3) is 0. The van der Waals surface area contributed by atoms with E-state index in [0.29, 0.717) is 0 Å². The minimum Gasteiger partial charge on any atom is -0.475 e. The fourth-order valence-electron chi connectivity index (χ4n) is 0.917. The van der Waals surface area contributed by atoms with Gasteiger partial charge in [0.25, 0.3) is 11.5 Å². The Labute approximate surface area is 91.8 Å². The van der Waals surface area contributed by atoms with Gasteiger partial charge in [-0.25, -0.2) is 4.79 Å². The molecule has 0 bridgehead atoms. The number of Topliss-reactive ketones (excluding diaryl/α,β-unsaturated/α-hetero) is 1. The molecule has 1 rings (SSSR count). The Morgan fingerprint density at radius 2 is 2.00 bits per heavy atom. The number of rotatable bonds is 3. The van der Waals surface area contributed by atoms with Gasteiger partial charge in [-0.1, -0.05) is 0 Å². The first kappa shape index (κ1) is 11.3. The third-order valence-corrected chi connectivity index (χ3v) is 2.27. The summed E-state index contributed by atoms with van der Waals surface area (Å²) >= 11 is 2.92. The second kappa shape index (κ2) is 4.18. The zero-order valence-electron chi connectivity index (χ0n) is 7.14. The van der Waals surface area contributed by atoms with Gasteiger partial charge in [0.05, 0.1) is 9.40 Å². The molecule has 0 aliphatic carbocycles. The molecule has 6 nitrogen and oxygen atoms in total. The van der Waals surface area contributed by atoms with Crippen LogP contribution in [0.25, 0.3) is 0 Å². The van der Waals surface area contributed by atoms with Crippen LogP contribution in [0.3, 0.4) is 0 Å². The fourth-order valence-corrected chi connectivity index (χ4v) is 1.31. The molecule has 0 radical (unpaired) electrons. The van der Waals surface area contributed by atoms with Crippen LogP contribution in [-0.4, -0.2) is 21.8 Å². The number of nitrogens with zero attached hydrogens (tertiary/aromatic N) is 1. The summed E-state index contributed by atoms with van der Waals surface area (Å²) in [5.74, 6) is -2.82. The lowest BCUT2D eigenvalue weighted by Gasteiger charge is -1.98. The molecule has 1 N–H and O–H groups in total. The van der Waals surface area contributed by atoms with E-state index in [9.17, 15) is 19.7 Å². The Bertz CT molecular complexity index is 456. The predicted molar refractivity (Wildman–Crippen MR) is 52.8 cm³/mol. The number of carboxylic acids is 1. The van der Waals surface area contributed by atoms with E-state index in [0.717, 1.165) is 6.07 Å². The molecule has 78 valence electrons. The van der Waals surface area contributed by atoms with Gasteiger partial charge in [0.15, 0.2) is 0 Å². The SMILES string of the molecule is O=C(O)C(=O)c1ccc(Br)c([N+](=O)[O-])c1. The van der Waals surface area contributed by atoms with Crippen LogP contribution in [-0.2, 0) is 4.79 Å². The highest BCUT2D eigenvalue weighted by Gasteiger charge is 2.19. The van der Waals surface area contributed by atoms with E-state index in [1.165, 1.54) is 12.1 Å². The molecule has 0 aromatic heterocycles. The van der Waals surface area contributed by atoms with Crippen molar-refractivity contribution in [3.05, 3.63) is 38.3 Å². The minimum absolute atomic E-state index is 0.189. The molecule has 0 fully saturated rings. The molecule has 0 unspecified atom stereocenters. The van der Waals surface area contributed by atoms with Crippen LogP contribution in [0, 0.1) is 10.1 Å². The normalized spacial score (nSPS) is 9.67. The molecule has 7 heteroatoms. The molecule has 0 amide bonds. The van der Waals surface area contributed by atoms with Crippen molar-refractivity contribution in [2.45, 2.75) is 0 Å². The highest BCUT2D eigenvalue weighted by Crippen LogP contribution is 2.25. The van der Waals surface area contributed by atoms with Gasteiger partial charge < -0.3 is 5.11 Å². The maximum Gasteiger partial charge on any atom is 0.377 e. The molecular formula is C8H4BrNO5. The van der Waals surface area contributed by atoms with Crippen molar-refractivity contribution in [3.63, 3.8) is 0 Å². The molecule has 0 aliphatic rings. The topological polar surface area (TPSA) is 97.5 Å². The Balaban J connectivity index is 3.25. The number of carbonyl (C=O) groups is 2. The Morgan fingerprint density at radius 3 is 2.47 bits per heavy atom. The van der Waals surface area contributed by atoms with Crippen LogP contribution in [0.2, 0.25) is 0 Å². The van der Waals surface area contributed by atoms with Gasteiger partial charge in [-0.3, -0.25) is 14.9 Å². The van der Waals surface area contributed by atoms with E-state index in [-0.39, 0.29) is 15.7 Å². The summed E-state index contributed by atoms with van der Waals surface area (Å²) in [7, 11) is 0. The molecule has 15 heavy (non-hydrogen) atoms. The van der Waals surface area contributed by atoms with Crippen LogP contribution in [0.15, 0.2) is 22.7 Å². The van der Waals surface area contributed by atoms with Crippen molar-refractivity contribution < 1.29 is 19.6 Å². The van der Waals surface area contributed by atoms with Gasteiger partial charge >= 0.3 is 5.97 Å². The first-order chi connectivity index (χ1) is 6.93. The molecule has 1 aromatic carbocycles. The van der Waals surface area contributed by atoms with E-state index in [4.69, 9.17) is 5.11 Å². The second-order valence-electron chi connectivity index (χ2n) is 2.56. The second-order valence-corrected chi connectivity index (χ2v) is 3.41. The highest BCUT2D eigenvalue weighted by atomic mass is 79.9. The first-order valence-corrected chi connectivity index (χ1v) is 4.44. The summed E-state index contributed by atoms with van der Waals surface area (Å²) in [4.78, 5) is 31.1. The molecule has 0 spiro atoms. The number of nitro groups is 1. The van der Waals surface area contributed by atoms with E-state index >= 15 is 0 Å². The van der Waals surface area contributed by atoms with E-state index in [1.54, 1.807) is 0 Å². The van der Waals surface area contributed by atoms with Crippen LogP contribution in [0.1, 0.15) is 10.4 Å². The van der Waals surface area contributed by atoms with Gasteiger partial charge in [-0.05, 0) is 28.1 Å². The molecule has 0 saturated carbocycles. The standard InChI is InChI=1S/C8H4BrNO5/c9-5-2-1-4(7(11)8(12)13)3-6(5)10(14)15/h1-3H,(H,12,13). The highest BCUT2D eigenvalue weighted by molar-refractivity contribution is 9.10. The molecule has 0 saturated heterocycles. The molecular weight excluding hydrogens is 270 g/mol. The van der Waals surface area contributed by atoms with Crippen LogP contribution in [0.5, 0.6) is 0 Å². The molecule has 0 atom stereocenters. The number of ketones is 1. The Kier molecular flexibility index (Phi) is 3.15. The number of hydrogen-bond donors (Lipinski definition) is 1. The minimum atomic E-state index is -1.65. The number of halogens is 1. The summed E-state index contributed by atoms with van der Waals surface area (Å²) in [5, 5.41) is 18.9. The predicted octanol–water partition coefficient (Wildman–Crippen LogP) is 1.62. The maximum atomic E-state index is 11.0. The Morgan fingerprint density at radius 1 is 1.40 bits per heavy atom. The van der Waals surface area contributed by atoms with Crippen molar-refractivity contribution in [2.24, 2.45) is 0 Å². The first-order valence-electron chi connectivity index (χ1n) is 3.65. The lowest BCUT2D eigenvalue weighted by Crippen LogP contribution is -2.12. The average Bonchev–Trinajstić information content (AvgIpc) is 2.16. The van der Waals surface area contributed by atoms with Gasteiger partial charge in [0.1, 0.15) is 0 Å². The van der Waals surface area contributed by atoms with E-state index in [1.807, 2.05) is 0 Å². The Hall–Kier alpha value is -1.76. The zero-order chi connectivity index (χ0) is 11.6. The molecule has 0 heterocycles. The van der Waals surface area contributed by atoms with Crippen molar-refractivity contribution >= 4 is 33.4 Å². The summed E-state index contributed by atoms with van der Waals surface area (Å²) in [6.45, 7) is 0. The van der Waals surface area contributed by atoms with Gasteiger partial charge in [-0.2, -0.15) is 0 Å². The van der Waals surface area contributed by atoms with Crippen LogP contribution in [0.4, 0.5) is 5.69 Å². The third kappa shape index (κ3) is 2.38. The smallest absolute Gasteiger partial charge is 0.377 e. The summed E-state index contributed by atoms with van der Waals surface area (Å²) in [6.07, 6.45) is 0. The van der Waals surface area contributed by atoms with E-state index in [2.05, 4.69) is 15.9 Å². The van der Waals surface area contributed by atoms with Gasteiger partial charge in [0.2, 0.25) is 0 Å². The average molecular weight is 274 g/mol. The zero-order valence-corrected chi connectivity index (χ0v) is 8.72. The summed E-state index contributed by atoms with van der Waals surface area (Å²) in [5.41, 5.74) is -0.570. The van der Waals surface area contributed by atoms with Crippen molar-refractivity contribution in [1.29, 1.82) is 0 Å². The summed E-state index contributed by atoms with van der Waals surface area (Å²) in [6, 6.07) is 3.38. The van der Waals surface area contributed by atoms with E-state index < -0.39 is 16.7 Å².